The summed E-state index contributed by atoms with van der Waals surface area (Å²) in [7, 11) is 3.19. The quantitative estimate of drug-likeness (QED) is 0.107. The number of carbonyl (C=O) groups is 4. The average Bonchev–Trinajstić information content (AvgIpc) is 3.57. The molecule has 1 fully saturated rings. The van der Waals surface area contributed by atoms with E-state index >= 15 is 0 Å². The van der Waals surface area contributed by atoms with Gasteiger partial charge in [-0.3, -0.25) is 19.8 Å². The lowest BCUT2D eigenvalue weighted by atomic mass is 10.0. The summed E-state index contributed by atoms with van der Waals surface area (Å²) in [5, 5.41) is 5.70. The Balaban J connectivity index is 1.34. The highest BCUT2D eigenvalue weighted by Gasteiger charge is 2.29. The van der Waals surface area contributed by atoms with Crippen molar-refractivity contribution in [1.82, 2.24) is 20.2 Å². The molecule has 262 valence electrons. The Kier molecular flexibility index (Phi) is 15.8. The topological polar surface area (TPSA) is 143 Å². The van der Waals surface area contributed by atoms with Crippen molar-refractivity contribution in [3.63, 3.8) is 0 Å². The van der Waals surface area contributed by atoms with Gasteiger partial charge in [-0.15, -0.1) is 0 Å². The molecule has 12 nitrogen and oxygen atoms in total. The van der Waals surface area contributed by atoms with E-state index in [1.165, 1.54) is 18.4 Å². The molecule has 3 heterocycles. The van der Waals surface area contributed by atoms with Crippen LogP contribution < -0.4 is 20.3 Å². The largest absolute Gasteiger partial charge is 0.463 e. The van der Waals surface area contributed by atoms with Crippen LogP contribution >= 0.6 is 21.6 Å². The van der Waals surface area contributed by atoms with E-state index in [-0.39, 0.29) is 48.3 Å². The molecule has 2 aliphatic rings. The monoisotopic (exact) mass is 700 g/mol. The zero-order valence-electron chi connectivity index (χ0n) is 28.0. The van der Waals surface area contributed by atoms with Crippen molar-refractivity contribution < 1.29 is 28.7 Å². The summed E-state index contributed by atoms with van der Waals surface area (Å²) < 4.78 is 11.3. The zero-order valence-corrected chi connectivity index (χ0v) is 29.7. The number of ketones is 1. The molecule has 4 rings (SSSR count). The lowest BCUT2D eigenvalue weighted by Gasteiger charge is -2.30. The molecule has 2 amide bonds. The predicted molar refractivity (Wildman–Crippen MR) is 191 cm³/mol. The molecule has 2 aromatic rings. The number of likely N-dealkylation sites (tertiary alicyclic amines) is 1. The van der Waals surface area contributed by atoms with Crippen LogP contribution in [0.2, 0.25) is 0 Å². The highest BCUT2D eigenvalue weighted by molar-refractivity contribution is 8.76. The molecule has 1 aromatic heterocycles. The molecule has 0 aliphatic carbocycles. The molecular weight excluding hydrogens is 653 g/mol. The fourth-order valence-corrected chi connectivity index (χ4v) is 7.65. The lowest BCUT2D eigenvalue weighted by Crippen LogP contribution is -2.37. The van der Waals surface area contributed by atoms with Crippen molar-refractivity contribution in [2.75, 3.05) is 55.4 Å². The summed E-state index contributed by atoms with van der Waals surface area (Å²) in [6.45, 7) is 8.94. The number of fused-ring (bicyclic) bond motifs is 1. The summed E-state index contributed by atoms with van der Waals surface area (Å²) >= 11 is 0. The van der Waals surface area contributed by atoms with Crippen molar-refractivity contribution in [3.8, 4) is 6.01 Å². The highest BCUT2D eigenvalue weighted by atomic mass is 33.1. The molecule has 1 aromatic carbocycles. The SMILES string of the molecule is CCCCOc1nc(NC(=O)OCCSSC(C)CCC(=O)NCCC=O)c2c(n1)N(Cc1cccc(CN3CCCC3)c1)CC(=O)C2. The van der Waals surface area contributed by atoms with Gasteiger partial charge >= 0.3 is 12.1 Å². The van der Waals surface area contributed by atoms with Crippen molar-refractivity contribution in [2.45, 2.75) is 83.6 Å². The number of amides is 2. The van der Waals surface area contributed by atoms with E-state index in [1.807, 2.05) is 11.8 Å². The molecule has 0 saturated carbocycles. The van der Waals surface area contributed by atoms with Crippen molar-refractivity contribution in [1.29, 1.82) is 0 Å². The van der Waals surface area contributed by atoms with Crippen LogP contribution in [0.4, 0.5) is 16.4 Å². The number of anilines is 2. The van der Waals surface area contributed by atoms with E-state index in [0.717, 1.165) is 44.3 Å². The minimum Gasteiger partial charge on any atom is -0.463 e. The fourth-order valence-electron chi connectivity index (χ4n) is 5.48. The number of benzene rings is 1. The van der Waals surface area contributed by atoms with Gasteiger partial charge in [0, 0.05) is 55.5 Å². The van der Waals surface area contributed by atoms with Crippen molar-refractivity contribution >= 4 is 57.3 Å². The molecule has 1 unspecified atom stereocenters. The van der Waals surface area contributed by atoms with Gasteiger partial charge < -0.3 is 24.5 Å². The van der Waals surface area contributed by atoms with Gasteiger partial charge in [0.15, 0.2) is 5.78 Å². The predicted octanol–water partition coefficient (Wildman–Crippen LogP) is 5.19. The minimum absolute atomic E-state index is 0.0105. The Labute approximate surface area is 291 Å². The third-order valence-corrected chi connectivity index (χ3v) is 10.8. The number of unbranched alkanes of at least 4 members (excludes halogenated alkanes) is 1. The Morgan fingerprint density at radius 3 is 2.69 bits per heavy atom. The van der Waals surface area contributed by atoms with Crippen LogP contribution in [-0.2, 0) is 38.6 Å². The minimum atomic E-state index is -0.666. The molecule has 2 aliphatic heterocycles. The Bertz CT molecular complexity index is 1380. The molecule has 0 bridgehead atoms. The van der Waals surface area contributed by atoms with Crippen molar-refractivity contribution in [2.24, 2.45) is 0 Å². The third kappa shape index (κ3) is 12.6. The Morgan fingerprint density at radius 1 is 1.12 bits per heavy atom. The van der Waals surface area contributed by atoms with E-state index < -0.39 is 6.09 Å². The summed E-state index contributed by atoms with van der Waals surface area (Å²) in [6.07, 6.45) is 5.89. The molecule has 1 saturated heterocycles. The van der Waals surface area contributed by atoms with Gasteiger partial charge in [-0.25, -0.2) is 4.79 Å². The van der Waals surface area contributed by atoms with E-state index in [4.69, 9.17) is 14.5 Å². The van der Waals surface area contributed by atoms with Gasteiger partial charge in [0.05, 0.1) is 13.2 Å². The fraction of sp³-hybridized carbons (Fsp3) is 0.588. The number of Topliss-reactive ketones (excluding diaryl/α,β-unsaturated/α-hetero) is 1. The number of aromatic nitrogens is 2. The van der Waals surface area contributed by atoms with Gasteiger partial charge in [-0.05, 0) is 49.9 Å². The second-order valence-corrected chi connectivity index (χ2v) is 15.0. The van der Waals surface area contributed by atoms with Crippen LogP contribution in [0.1, 0.15) is 75.5 Å². The van der Waals surface area contributed by atoms with Crippen LogP contribution in [0, 0.1) is 0 Å². The first-order chi connectivity index (χ1) is 23.3. The van der Waals surface area contributed by atoms with Gasteiger partial charge in [0.25, 0.3) is 0 Å². The Hall–Kier alpha value is -3.36. The van der Waals surface area contributed by atoms with Crippen LogP contribution in [0.15, 0.2) is 24.3 Å². The Morgan fingerprint density at radius 2 is 1.92 bits per heavy atom. The van der Waals surface area contributed by atoms with Gasteiger partial charge in [0.2, 0.25) is 5.91 Å². The first-order valence-electron chi connectivity index (χ1n) is 16.9. The van der Waals surface area contributed by atoms with E-state index in [1.54, 1.807) is 21.6 Å². The molecule has 0 radical (unpaired) electrons. The summed E-state index contributed by atoms with van der Waals surface area (Å²) in [4.78, 5) is 61.7. The number of ether oxygens (including phenoxy) is 2. The standard InChI is InChI=1S/C34H48N6O6S2/c1-3-4-17-45-33-36-31(37-34(44)46-18-19-47-48-25(2)11-12-30(43)35-13-8-16-41)29-21-28(42)24-40(32(29)38-33)23-27-10-7-9-26(20-27)22-39-14-5-6-15-39/h7,9-10,16,20,25H,3-6,8,11-15,17-19,21-24H2,1-2H3,(H,35,43)(H,36,37,38,44). The van der Waals surface area contributed by atoms with Gasteiger partial charge in [0.1, 0.15) is 24.5 Å². The number of nitrogens with zero attached hydrogens (tertiary/aromatic N) is 4. The summed E-state index contributed by atoms with van der Waals surface area (Å²) in [5.41, 5.74) is 2.87. The number of aldehydes is 1. The van der Waals surface area contributed by atoms with Crippen LogP contribution in [0.5, 0.6) is 6.01 Å². The number of carbonyl (C=O) groups excluding carboxylic acids is 4. The molecule has 0 spiro atoms. The molecular formula is C34H48N6O6S2. The van der Waals surface area contributed by atoms with Crippen LogP contribution in [0.3, 0.4) is 0 Å². The summed E-state index contributed by atoms with van der Waals surface area (Å²) in [5.74, 6) is 1.31. The number of hydrogen-bond donors (Lipinski definition) is 2. The molecule has 14 heteroatoms. The first kappa shape index (κ1) is 37.5. The maximum absolute atomic E-state index is 13.0. The average molecular weight is 701 g/mol. The second-order valence-electron chi connectivity index (χ2n) is 12.1. The normalized spacial score (nSPS) is 15.1. The van der Waals surface area contributed by atoms with E-state index in [2.05, 4.69) is 51.7 Å². The van der Waals surface area contributed by atoms with Gasteiger partial charge in [-0.1, -0.05) is 66.1 Å². The van der Waals surface area contributed by atoms with E-state index in [9.17, 15) is 19.2 Å². The number of nitrogens with one attached hydrogen (secondary N) is 2. The maximum atomic E-state index is 13.0. The highest BCUT2D eigenvalue weighted by Crippen LogP contribution is 2.33. The number of rotatable bonds is 20. The second kappa shape index (κ2) is 20.2. The lowest BCUT2D eigenvalue weighted by molar-refractivity contribution is -0.121. The summed E-state index contributed by atoms with van der Waals surface area (Å²) in [6, 6.07) is 8.61. The van der Waals surface area contributed by atoms with Crippen LogP contribution in [0.25, 0.3) is 0 Å². The maximum Gasteiger partial charge on any atom is 0.412 e. The van der Waals surface area contributed by atoms with Crippen LogP contribution in [-0.4, -0.2) is 89.3 Å². The molecule has 1 atom stereocenters. The zero-order chi connectivity index (χ0) is 34.1. The van der Waals surface area contributed by atoms with E-state index in [0.29, 0.717) is 56.1 Å². The van der Waals surface area contributed by atoms with Crippen molar-refractivity contribution in [3.05, 3.63) is 41.0 Å². The van der Waals surface area contributed by atoms with Gasteiger partial charge in [-0.2, -0.15) is 9.97 Å². The molecule has 2 N–H and O–H groups in total. The third-order valence-electron chi connectivity index (χ3n) is 7.92. The first-order valence-corrected chi connectivity index (χ1v) is 19.3. The number of hydrogen-bond acceptors (Lipinski definition) is 12. The smallest absolute Gasteiger partial charge is 0.412 e. The molecule has 48 heavy (non-hydrogen) atoms.